The Bertz CT molecular complexity index is 414. The summed E-state index contributed by atoms with van der Waals surface area (Å²) < 4.78 is 4.91. The van der Waals surface area contributed by atoms with Gasteiger partial charge in [0.05, 0.1) is 0 Å². The summed E-state index contributed by atoms with van der Waals surface area (Å²) in [5, 5.41) is 3.83. The number of rotatable bonds is 4. The monoisotopic (exact) mass is 222 g/mol. The maximum Gasteiger partial charge on any atom is 0.241 e. The minimum atomic E-state index is 0.276. The van der Waals surface area contributed by atoms with Gasteiger partial charge < -0.3 is 4.52 Å². The number of halogens is 1. The molecule has 0 bridgehead atoms. The third-order valence-electron chi connectivity index (χ3n) is 2.10. The van der Waals surface area contributed by atoms with Crippen LogP contribution in [0, 0.1) is 0 Å². The average Bonchev–Trinajstić information content (AvgIpc) is 2.76. The van der Waals surface area contributed by atoms with Gasteiger partial charge in [0.25, 0.3) is 0 Å². The van der Waals surface area contributed by atoms with Crippen LogP contribution in [0.4, 0.5) is 0 Å². The molecule has 3 nitrogen and oxygen atoms in total. The van der Waals surface area contributed by atoms with E-state index in [1.807, 2.05) is 18.2 Å². The summed E-state index contributed by atoms with van der Waals surface area (Å²) in [4.78, 5) is 4.13. The summed E-state index contributed by atoms with van der Waals surface area (Å²) in [7, 11) is 0. The first-order valence-electron chi connectivity index (χ1n) is 4.80. The Hall–Kier alpha value is -1.35. The lowest BCUT2D eigenvalue weighted by atomic mass is 10.1. The van der Waals surface area contributed by atoms with Crippen molar-refractivity contribution in [2.45, 2.75) is 18.7 Å². The van der Waals surface area contributed by atoms with Crippen LogP contribution in [0.5, 0.6) is 0 Å². The number of aromatic nitrogens is 2. The molecule has 2 aromatic rings. The number of hydrogen-bond acceptors (Lipinski definition) is 3. The van der Waals surface area contributed by atoms with Gasteiger partial charge in [-0.05, 0) is 12.0 Å². The van der Waals surface area contributed by atoms with Crippen molar-refractivity contribution < 1.29 is 4.52 Å². The van der Waals surface area contributed by atoms with Gasteiger partial charge >= 0.3 is 0 Å². The minimum Gasteiger partial charge on any atom is -0.338 e. The molecule has 0 unspecified atom stereocenters. The van der Waals surface area contributed by atoms with Crippen molar-refractivity contribution in [2.24, 2.45) is 0 Å². The van der Waals surface area contributed by atoms with Crippen molar-refractivity contribution in [1.82, 2.24) is 10.1 Å². The van der Waals surface area contributed by atoms with Crippen LogP contribution < -0.4 is 0 Å². The third-order valence-corrected chi connectivity index (χ3v) is 2.33. The summed E-state index contributed by atoms with van der Waals surface area (Å²) in [5.74, 6) is 1.48. The van der Waals surface area contributed by atoms with Crippen LogP contribution in [-0.2, 0) is 18.7 Å². The fourth-order valence-corrected chi connectivity index (χ4v) is 1.46. The number of hydrogen-bond donors (Lipinski definition) is 0. The fraction of sp³-hybridized carbons (Fsp3) is 0.273. The highest BCUT2D eigenvalue weighted by Gasteiger charge is 2.04. The van der Waals surface area contributed by atoms with E-state index in [1.165, 1.54) is 5.56 Å². The van der Waals surface area contributed by atoms with Crippen LogP contribution in [0.1, 0.15) is 17.3 Å². The van der Waals surface area contributed by atoms with Crippen molar-refractivity contribution in [2.75, 3.05) is 0 Å². The molecular formula is C11H11ClN2O. The Morgan fingerprint density at radius 3 is 2.60 bits per heavy atom. The standard InChI is InChI=1S/C11H11ClN2O/c12-8-11-13-10(14-15-11)7-6-9-4-2-1-3-5-9/h1-5H,6-8H2. The third kappa shape index (κ3) is 2.80. The van der Waals surface area contributed by atoms with Crippen molar-refractivity contribution in [1.29, 1.82) is 0 Å². The van der Waals surface area contributed by atoms with Gasteiger partial charge in [0, 0.05) is 6.42 Å². The smallest absolute Gasteiger partial charge is 0.241 e. The van der Waals surface area contributed by atoms with Gasteiger partial charge in [0.15, 0.2) is 5.82 Å². The average molecular weight is 223 g/mol. The van der Waals surface area contributed by atoms with Crippen LogP contribution in [0.15, 0.2) is 34.9 Å². The van der Waals surface area contributed by atoms with Gasteiger partial charge in [-0.3, -0.25) is 0 Å². The first-order chi connectivity index (χ1) is 7.38. The topological polar surface area (TPSA) is 38.9 Å². The molecule has 15 heavy (non-hydrogen) atoms. The Kier molecular flexibility index (Phi) is 3.35. The molecule has 0 aliphatic rings. The van der Waals surface area contributed by atoms with Crippen LogP contribution >= 0.6 is 11.6 Å². The van der Waals surface area contributed by atoms with Crippen molar-refractivity contribution in [3.05, 3.63) is 47.6 Å². The van der Waals surface area contributed by atoms with Gasteiger partial charge in [-0.15, -0.1) is 11.6 Å². The van der Waals surface area contributed by atoms with Crippen LogP contribution in [-0.4, -0.2) is 10.1 Å². The van der Waals surface area contributed by atoms with Crippen molar-refractivity contribution in [3.8, 4) is 0 Å². The predicted molar refractivity (Wildman–Crippen MR) is 57.7 cm³/mol. The quantitative estimate of drug-likeness (QED) is 0.747. The zero-order valence-electron chi connectivity index (χ0n) is 8.19. The molecule has 0 atom stereocenters. The van der Waals surface area contributed by atoms with Gasteiger partial charge in [0.1, 0.15) is 5.88 Å². The molecule has 0 saturated carbocycles. The zero-order valence-corrected chi connectivity index (χ0v) is 8.94. The molecule has 0 fully saturated rings. The first-order valence-corrected chi connectivity index (χ1v) is 5.33. The van der Waals surface area contributed by atoms with E-state index >= 15 is 0 Å². The van der Waals surface area contributed by atoms with Crippen molar-refractivity contribution >= 4 is 11.6 Å². The van der Waals surface area contributed by atoms with Gasteiger partial charge in [0.2, 0.25) is 5.89 Å². The van der Waals surface area contributed by atoms with Crippen molar-refractivity contribution in [3.63, 3.8) is 0 Å². The molecule has 0 radical (unpaired) electrons. The number of aryl methyl sites for hydroxylation is 2. The Labute approximate surface area is 93.1 Å². The normalized spacial score (nSPS) is 10.5. The second-order valence-electron chi connectivity index (χ2n) is 3.22. The van der Waals surface area contributed by atoms with E-state index in [1.54, 1.807) is 0 Å². The van der Waals surface area contributed by atoms with Crippen LogP contribution in [0.3, 0.4) is 0 Å². The second-order valence-corrected chi connectivity index (χ2v) is 3.49. The van der Waals surface area contributed by atoms with E-state index in [9.17, 15) is 0 Å². The highest BCUT2D eigenvalue weighted by molar-refractivity contribution is 6.16. The molecule has 0 saturated heterocycles. The maximum atomic E-state index is 5.56. The lowest BCUT2D eigenvalue weighted by Gasteiger charge is -1.96. The first kappa shape index (κ1) is 10.2. The predicted octanol–water partition coefficient (Wildman–Crippen LogP) is 2.59. The van der Waals surface area contributed by atoms with E-state index < -0.39 is 0 Å². The summed E-state index contributed by atoms with van der Waals surface area (Å²) in [6.07, 6.45) is 1.70. The number of benzene rings is 1. The molecule has 0 spiro atoms. The summed E-state index contributed by atoms with van der Waals surface area (Å²) in [6.45, 7) is 0. The molecule has 1 aromatic heterocycles. The Balaban J connectivity index is 1.93. The van der Waals surface area contributed by atoms with E-state index in [-0.39, 0.29) is 5.88 Å². The molecule has 78 valence electrons. The lowest BCUT2D eigenvalue weighted by molar-refractivity contribution is 0.384. The Morgan fingerprint density at radius 2 is 1.93 bits per heavy atom. The van der Waals surface area contributed by atoms with E-state index in [2.05, 4.69) is 22.3 Å². The summed E-state index contributed by atoms with van der Waals surface area (Å²) in [5.41, 5.74) is 1.27. The molecule has 4 heteroatoms. The van der Waals surface area contributed by atoms with E-state index in [0.717, 1.165) is 18.7 Å². The zero-order chi connectivity index (χ0) is 10.5. The summed E-state index contributed by atoms with van der Waals surface area (Å²) in [6, 6.07) is 10.2. The largest absolute Gasteiger partial charge is 0.338 e. The second kappa shape index (κ2) is 4.94. The number of nitrogens with zero attached hydrogens (tertiary/aromatic N) is 2. The molecule has 0 aliphatic heterocycles. The SMILES string of the molecule is ClCc1nc(CCc2ccccc2)no1. The minimum absolute atomic E-state index is 0.276. The van der Waals surface area contributed by atoms with Gasteiger partial charge in [-0.2, -0.15) is 4.98 Å². The summed E-state index contributed by atoms with van der Waals surface area (Å²) >= 11 is 5.56. The molecular weight excluding hydrogens is 212 g/mol. The molecule has 0 amide bonds. The van der Waals surface area contributed by atoms with Gasteiger partial charge in [-0.25, -0.2) is 0 Å². The highest BCUT2D eigenvalue weighted by Crippen LogP contribution is 2.06. The van der Waals surface area contributed by atoms with E-state index in [4.69, 9.17) is 16.1 Å². The fourth-order valence-electron chi connectivity index (χ4n) is 1.35. The molecule has 1 heterocycles. The van der Waals surface area contributed by atoms with E-state index in [0.29, 0.717) is 5.89 Å². The van der Waals surface area contributed by atoms with Crippen LogP contribution in [0.2, 0.25) is 0 Å². The lowest BCUT2D eigenvalue weighted by Crippen LogP contribution is -1.93. The Morgan fingerprint density at radius 1 is 1.13 bits per heavy atom. The van der Waals surface area contributed by atoms with Gasteiger partial charge in [-0.1, -0.05) is 35.5 Å². The molecule has 1 aromatic carbocycles. The molecule has 2 rings (SSSR count). The molecule has 0 N–H and O–H groups in total. The highest BCUT2D eigenvalue weighted by atomic mass is 35.5. The maximum absolute atomic E-state index is 5.56. The number of alkyl halides is 1. The van der Waals surface area contributed by atoms with Crippen LogP contribution in [0.25, 0.3) is 0 Å². The molecule has 0 aliphatic carbocycles.